The molecule has 0 amide bonds. The molecular formula is C44H58N2O. The van der Waals surface area contributed by atoms with Crippen molar-refractivity contribution in [3.63, 3.8) is 0 Å². The van der Waals surface area contributed by atoms with E-state index >= 15 is 0 Å². The molecule has 1 aliphatic heterocycles. The molecule has 0 aliphatic carbocycles. The third kappa shape index (κ3) is 7.00. The fraction of sp³-hybridized carbons (Fsp3) is 0.455. The van der Waals surface area contributed by atoms with Crippen LogP contribution in [0, 0.1) is 11.8 Å². The Morgan fingerprint density at radius 1 is 0.596 bits per heavy atom. The predicted octanol–water partition coefficient (Wildman–Crippen LogP) is 11.0. The first-order valence-corrected chi connectivity index (χ1v) is 18.2. The van der Waals surface area contributed by atoms with Gasteiger partial charge in [-0.3, -0.25) is 0 Å². The number of nitrogens with zero attached hydrogens (tertiary/aromatic N) is 2. The average Bonchev–Trinajstić information content (AvgIpc) is 3.10. The van der Waals surface area contributed by atoms with Crippen LogP contribution in [0.25, 0.3) is 0 Å². The number of morpholine rings is 1. The van der Waals surface area contributed by atoms with Gasteiger partial charge in [-0.15, -0.1) is 0 Å². The number of hydrazine groups is 1. The van der Waals surface area contributed by atoms with Gasteiger partial charge < -0.3 is 4.74 Å². The fourth-order valence-corrected chi connectivity index (χ4v) is 8.32. The summed E-state index contributed by atoms with van der Waals surface area (Å²) in [6, 6.07) is 44.8. The Bertz CT molecular complexity index is 1370. The van der Waals surface area contributed by atoms with E-state index < -0.39 is 11.1 Å². The van der Waals surface area contributed by atoms with Crippen molar-refractivity contribution < 1.29 is 4.74 Å². The molecule has 3 heteroatoms. The quantitative estimate of drug-likeness (QED) is 0.130. The maximum Gasteiger partial charge on any atom is 0.114 e. The lowest BCUT2D eigenvalue weighted by atomic mass is 9.61. The average molecular weight is 631 g/mol. The van der Waals surface area contributed by atoms with Crippen LogP contribution in [0.3, 0.4) is 0 Å². The van der Waals surface area contributed by atoms with Gasteiger partial charge in [0, 0.05) is 19.6 Å². The van der Waals surface area contributed by atoms with Gasteiger partial charge in [0.1, 0.15) is 5.54 Å². The third-order valence-electron chi connectivity index (χ3n) is 10.8. The van der Waals surface area contributed by atoms with Gasteiger partial charge >= 0.3 is 0 Å². The van der Waals surface area contributed by atoms with Crippen molar-refractivity contribution in [1.82, 2.24) is 10.0 Å². The third-order valence-corrected chi connectivity index (χ3v) is 10.8. The van der Waals surface area contributed by atoms with E-state index in [1.807, 2.05) is 0 Å². The van der Waals surface area contributed by atoms with Crippen molar-refractivity contribution in [2.24, 2.45) is 11.8 Å². The predicted molar refractivity (Wildman–Crippen MR) is 198 cm³/mol. The molecule has 0 aromatic heterocycles. The van der Waals surface area contributed by atoms with Gasteiger partial charge in [0.2, 0.25) is 0 Å². The second-order valence-corrected chi connectivity index (χ2v) is 14.4. The molecule has 5 rings (SSSR count). The van der Waals surface area contributed by atoms with Gasteiger partial charge in [0.25, 0.3) is 0 Å². The van der Waals surface area contributed by atoms with Crippen molar-refractivity contribution in [3.8, 4) is 0 Å². The Balaban J connectivity index is 1.90. The van der Waals surface area contributed by atoms with Crippen LogP contribution in [0.15, 0.2) is 121 Å². The zero-order valence-corrected chi connectivity index (χ0v) is 29.9. The topological polar surface area (TPSA) is 15.7 Å². The van der Waals surface area contributed by atoms with Gasteiger partial charge in [-0.25, -0.2) is 10.0 Å². The summed E-state index contributed by atoms with van der Waals surface area (Å²) in [6.45, 7) is 16.6. The molecule has 0 unspecified atom stereocenters. The van der Waals surface area contributed by atoms with Crippen LogP contribution in [0.4, 0.5) is 0 Å². The Morgan fingerprint density at radius 3 is 1.34 bits per heavy atom. The maximum atomic E-state index is 8.13. The van der Waals surface area contributed by atoms with Gasteiger partial charge in [-0.2, -0.15) is 0 Å². The molecule has 0 N–H and O–H groups in total. The summed E-state index contributed by atoms with van der Waals surface area (Å²) in [5.74, 6) is 0.653. The first-order valence-electron chi connectivity index (χ1n) is 18.2. The van der Waals surface area contributed by atoms with Gasteiger partial charge in [0.05, 0.1) is 11.2 Å². The van der Waals surface area contributed by atoms with Gasteiger partial charge in [-0.1, -0.05) is 189 Å². The van der Waals surface area contributed by atoms with Crippen molar-refractivity contribution in [1.29, 1.82) is 0 Å². The van der Waals surface area contributed by atoms with E-state index in [1.54, 1.807) is 0 Å². The molecule has 1 heterocycles. The highest BCUT2D eigenvalue weighted by atomic mass is 16.5. The zero-order valence-electron chi connectivity index (χ0n) is 29.9. The monoisotopic (exact) mass is 630 g/mol. The lowest BCUT2D eigenvalue weighted by Crippen LogP contribution is -2.77. The van der Waals surface area contributed by atoms with E-state index in [0.29, 0.717) is 11.8 Å². The van der Waals surface area contributed by atoms with Crippen LogP contribution in [0.1, 0.15) is 102 Å². The van der Waals surface area contributed by atoms with Crippen LogP contribution in [-0.2, 0) is 23.4 Å². The number of unbranched alkanes of at least 4 members (excludes halogenated alkanes) is 2. The van der Waals surface area contributed by atoms with E-state index in [0.717, 1.165) is 58.2 Å². The fourth-order valence-electron chi connectivity index (χ4n) is 8.32. The molecule has 1 aliphatic rings. The molecule has 0 spiro atoms. The number of benzene rings is 4. The van der Waals surface area contributed by atoms with Crippen LogP contribution >= 0.6 is 0 Å². The molecule has 0 atom stereocenters. The van der Waals surface area contributed by atoms with Gasteiger partial charge in [0.15, 0.2) is 0 Å². The van der Waals surface area contributed by atoms with Crippen LogP contribution < -0.4 is 0 Å². The first-order chi connectivity index (χ1) is 22.8. The van der Waals surface area contributed by atoms with Crippen LogP contribution in [-0.4, -0.2) is 27.8 Å². The standard InChI is InChI=1S/C44H58N2O/c1-7-9-31-42(32-10-8-2)44(40-27-19-13-20-28-40,41-29-21-14-22-30-41)46(35-43(47-42,36(3)4)37(5)6)45(33-38-23-15-11-16-24-38)34-39-25-17-12-18-26-39/h11-30,36-37H,7-10,31-35H2,1-6H3. The molecule has 4 aromatic rings. The maximum absolute atomic E-state index is 8.13. The second-order valence-electron chi connectivity index (χ2n) is 14.4. The molecule has 0 bridgehead atoms. The Kier molecular flexibility index (Phi) is 11.8. The van der Waals surface area contributed by atoms with Crippen LogP contribution in [0.2, 0.25) is 0 Å². The summed E-state index contributed by atoms with van der Waals surface area (Å²) in [4.78, 5) is 0. The SMILES string of the molecule is CCCCC1(CCCC)OC(C(C)C)(C(C)C)CN(N(Cc2ccccc2)Cc2ccccc2)C1(c1ccccc1)c1ccccc1. The number of hydrogen-bond donors (Lipinski definition) is 0. The molecule has 250 valence electrons. The molecule has 1 saturated heterocycles. The second kappa shape index (κ2) is 15.8. The van der Waals surface area contributed by atoms with Gasteiger partial charge in [-0.05, 0) is 46.9 Å². The Labute approximate surface area is 285 Å². The van der Waals surface area contributed by atoms with E-state index in [4.69, 9.17) is 4.74 Å². The highest BCUT2D eigenvalue weighted by Gasteiger charge is 2.66. The summed E-state index contributed by atoms with van der Waals surface area (Å²) in [6.07, 6.45) is 6.48. The highest BCUT2D eigenvalue weighted by molar-refractivity contribution is 5.44. The molecule has 47 heavy (non-hydrogen) atoms. The summed E-state index contributed by atoms with van der Waals surface area (Å²) in [5.41, 5.74) is 3.88. The van der Waals surface area contributed by atoms with E-state index in [2.05, 4.69) is 173 Å². The van der Waals surface area contributed by atoms with Crippen molar-refractivity contribution >= 4 is 0 Å². The van der Waals surface area contributed by atoms with E-state index in [9.17, 15) is 0 Å². The molecule has 1 fully saturated rings. The smallest absolute Gasteiger partial charge is 0.114 e. The molecule has 0 saturated carbocycles. The molecular weight excluding hydrogens is 572 g/mol. The Morgan fingerprint density at radius 2 is 0.979 bits per heavy atom. The normalized spacial score (nSPS) is 17.4. The first kappa shape index (κ1) is 35.1. The minimum Gasteiger partial charge on any atom is -0.364 e. The minimum absolute atomic E-state index is 0.326. The van der Waals surface area contributed by atoms with E-state index in [1.165, 1.54) is 22.3 Å². The zero-order chi connectivity index (χ0) is 33.3. The number of ether oxygens (including phenoxy) is 1. The van der Waals surface area contributed by atoms with Crippen molar-refractivity contribution in [2.75, 3.05) is 6.54 Å². The highest BCUT2D eigenvalue weighted by Crippen LogP contribution is 2.59. The Hall–Kier alpha value is -3.24. The molecule has 0 radical (unpaired) electrons. The number of hydrogen-bond acceptors (Lipinski definition) is 3. The molecule has 3 nitrogen and oxygen atoms in total. The molecule has 4 aromatic carbocycles. The largest absolute Gasteiger partial charge is 0.364 e. The lowest BCUT2D eigenvalue weighted by Gasteiger charge is -2.68. The minimum atomic E-state index is -0.559. The van der Waals surface area contributed by atoms with Crippen molar-refractivity contribution in [3.05, 3.63) is 144 Å². The lowest BCUT2D eigenvalue weighted by molar-refractivity contribution is -0.338. The summed E-state index contributed by atoms with van der Waals surface area (Å²) < 4.78 is 8.13. The summed E-state index contributed by atoms with van der Waals surface area (Å²) in [7, 11) is 0. The van der Waals surface area contributed by atoms with E-state index in [-0.39, 0.29) is 5.60 Å². The summed E-state index contributed by atoms with van der Waals surface area (Å²) >= 11 is 0. The van der Waals surface area contributed by atoms with Crippen molar-refractivity contribution in [2.45, 2.75) is 110 Å². The number of rotatable bonds is 15. The summed E-state index contributed by atoms with van der Waals surface area (Å²) in [5, 5.41) is 5.51. The van der Waals surface area contributed by atoms with Crippen LogP contribution in [0.5, 0.6) is 0 Å².